The fraction of sp³-hybridized carbons (Fsp3) is 0.415. The molecule has 4 unspecified atom stereocenters. The molecule has 0 N–H and O–H groups in total. The minimum atomic E-state index is -0.590. The van der Waals surface area contributed by atoms with Gasteiger partial charge in [0.15, 0.2) is 5.79 Å². The van der Waals surface area contributed by atoms with Crippen LogP contribution in [0.3, 0.4) is 0 Å². The van der Waals surface area contributed by atoms with E-state index < -0.39 is 24.1 Å². The zero-order valence-corrected chi connectivity index (χ0v) is 27.0. The lowest BCUT2D eigenvalue weighted by Crippen LogP contribution is -2.51. The molecule has 0 amide bonds. The second-order valence-corrected chi connectivity index (χ2v) is 13.1. The smallest absolute Gasteiger partial charge is 0.169 e. The fourth-order valence-corrected chi connectivity index (χ4v) is 7.25. The highest BCUT2D eigenvalue weighted by Crippen LogP contribution is 2.46. The zero-order valence-electron chi connectivity index (χ0n) is 27.0. The monoisotopic (exact) mass is 634 g/mol. The van der Waals surface area contributed by atoms with Crippen molar-refractivity contribution in [3.05, 3.63) is 144 Å². The lowest BCUT2D eigenvalue weighted by atomic mass is 9.94. The van der Waals surface area contributed by atoms with Gasteiger partial charge in [0.25, 0.3) is 0 Å². The minimum absolute atomic E-state index is 0.220. The number of hydrogen-bond donors (Lipinski definition) is 0. The Kier molecular flexibility index (Phi) is 10.8. The minimum Gasteiger partial charge on any atom is -0.371 e. The second kappa shape index (κ2) is 15.7. The van der Waals surface area contributed by atoms with E-state index in [0.29, 0.717) is 32.8 Å². The number of benzene rings is 4. The third kappa shape index (κ3) is 8.21. The normalized spacial score (nSPS) is 26.9. The van der Waals surface area contributed by atoms with Crippen LogP contribution in [0.5, 0.6) is 0 Å². The Bertz CT molecular complexity index is 1480. The van der Waals surface area contributed by atoms with E-state index in [2.05, 4.69) is 48.5 Å². The highest BCUT2D eigenvalue weighted by Gasteiger charge is 2.57. The molecule has 0 radical (unpaired) electrons. The summed E-state index contributed by atoms with van der Waals surface area (Å²) in [5, 5.41) is 0. The van der Waals surface area contributed by atoms with Crippen LogP contribution in [0.15, 0.2) is 121 Å². The van der Waals surface area contributed by atoms with E-state index in [4.69, 9.17) is 28.4 Å². The maximum Gasteiger partial charge on any atom is 0.169 e. The maximum atomic E-state index is 7.04. The van der Waals surface area contributed by atoms with Gasteiger partial charge in [0.1, 0.15) is 24.4 Å². The van der Waals surface area contributed by atoms with Gasteiger partial charge >= 0.3 is 0 Å². The predicted molar refractivity (Wildman–Crippen MR) is 180 cm³/mol. The fourth-order valence-electron chi connectivity index (χ4n) is 7.25. The van der Waals surface area contributed by atoms with Crippen LogP contribution in [-0.4, -0.2) is 42.4 Å². The average Bonchev–Trinajstić information content (AvgIpc) is 3.41. The Morgan fingerprint density at radius 3 is 1.38 bits per heavy atom. The third-order valence-corrected chi connectivity index (χ3v) is 9.66. The van der Waals surface area contributed by atoms with Crippen LogP contribution in [0, 0.1) is 0 Å². The predicted octanol–water partition coefficient (Wildman–Crippen LogP) is 8.18. The Labute approximate surface area is 278 Å². The van der Waals surface area contributed by atoms with Crippen molar-refractivity contribution in [3.63, 3.8) is 0 Å². The van der Waals surface area contributed by atoms with Gasteiger partial charge in [-0.1, -0.05) is 128 Å². The van der Waals surface area contributed by atoms with Crippen LogP contribution in [0.1, 0.15) is 60.8 Å². The quantitative estimate of drug-likeness (QED) is 0.157. The molecule has 6 atom stereocenters. The van der Waals surface area contributed by atoms with Gasteiger partial charge in [0.05, 0.1) is 38.6 Å². The first-order valence-electron chi connectivity index (χ1n) is 17.2. The molecular formula is C41H46O6. The van der Waals surface area contributed by atoms with E-state index in [1.165, 1.54) is 6.42 Å². The summed E-state index contributed by atoms with van der Waals surface area (Å²) in [5.41, 5.74) is 4.39. The van der Waals surface area contributed by atoms with Gasteiger partial charge in [-0.15, -0.1) is 0 Å². The number of hydrogen-bond acceptors (Lipinski definition) is 6. The standard InChI is InChI=1S/C41H46O6/c1-6-16-31(17-7-1)27-42-35-26-36-38(47-41(46-36)24-14-5-15-25-41)40(45-30-34-22-12-4-13-23-34)39(44-29-33-20-10-3-11-21-33)37(35)43-28-32-18-8-2-9-19-32/h1-4,6-13,16-23,35-40H,5,14-15,24-30H2/t35?,36?,37-,38+,39?,40?/m0/s1. The Balaban J connectivity index is 1.25. The van der Waals surface area contributed by atoms with E-state index in [9.17, 15) is 0 Å². The summed E-state index contributed by atoms with van der Waals surface area (Å²) in [6.07, 6.45) is 3.57. The molecular weight excluding hydrogens is 588 g/mol. The van der Waals surface area contributed by atoms with Crippen molar-refractivity contribution in [2.45, 2.75) is 107 Å². The molecule has 0 bridgehead atoms. The van der Waals surface area contributed by atoms with Gasteiger partial charge in [-0.25, -0.2) is 0 Å². The van der Waals surface area contributed by atoms with Crippen molar-refractivity contribution in [1.82, 2.24) is 0 Å². The van der Waals surface area contributed by atoms with Crippen molar-refractivity contribution < 1.29 is 28.4 Å². The average molecular weight is 635 g/mol. The van der Waals surface area contributed by atoms with E-state index in [0.717, 1.165) is 47.9 Å². The molecule has 4 aromatic carbocycles. The summed E-state index contributed by atoms with van der Waals surface area (Å²) >= 11 is 0. The molecule has 6 heteroatoms. The highest BCUT2D eigenvalue weighted by molar-refractivity contribution is 5.17. The number of fused-ring (bicyclic) bond motifs is 1. The van der Waals surface area contributed by atoms with E-state index in [1.807, 2.05) is 72.8 Å². The van der Waals surface area contributed by atoms with Crippen molar-refractivity contribution >= 4 is 0 Å². The van der Waals surface area contributed by atoms with Gasteiger partial charge in [-0.3, -0.25) is 0 Å². The molecule has 47 heavy (non-hydrogen) atoms. The van der Waals surface area contributed by atoms with Gasteiger partial charge in [-0.05, 0) is 35.1 Å². The molecule has 3 aliphatic rings. The summed E-state index contributed by atoms with van der Waals surface area (Å²) in [6, 6.07) is 41.2. The molecule has 4 aromatic rings. The topological polar surface area (TPSA) is 55.4 Å². The molecule has 0 aromatic heterocycles. The molecule has 1 aliphatic heterocycles. The highest BCUT2D eigenvalue weighted by atomic mass is 16.8. The Hall–Kier alpha value is -3.36. The molecule has 1 saturated heterocycles. The second-order valence-electron chi connectivity index (χ2n) is 13.1. The summed E-state index contributed by atoms with van der Waals surface area (Å²) in [4.78, 5) is 0. The number of rotatable bonds is 12. The largest absolute Gasteiger partial charge is 0.371 e. The zero-order chi connectivity index (χ0) is 31.7. The first kappa shape index (κ1) is 32.2. The Morgan fingerprint density at radius 1 is 0.468 bits per heavy atom. The van der Waals surface area contributed by atoms with Crippen LogP contribution in [0.2, 0.25) is 0 Å². The van der Waals surface area contributed by atoms with Crippen LogP contribution < -0.4 is 0 Å². The number of ether oxygens (including phenoxy) is 6. The van der Waals surface area contributed by atoms with E-state index in [1.54, 1.807) is 0 Å². The molecule has 1 spiro atoms. The molecule has 1 heterocycles. The van der Waals surface area contributed by atoms with Crippen LogP contribution >= 0.6 is 0 Å². The molecule has 246 valence electrons. The SMILES string of the molecule is c1ccc(COC2CC3OC4(CCCCC4)O[C@H]3C(OCc3ccccc3)C(OCc3ccccc3)[C@H]2OCc2ccccc2)cc1. The third-order valence-electron chi connectivity index (χ3n) is 9.66. The van der Waals surface area contributed by atoms with Crippen LogP contribution in [0.4, 0.5) is 0 Å². The van der Waals surface area contributed by atoms with Crippen LogP contribution in [0.25, 0.3) is 0 Å². The van der Waals surface area contributed by atoms with Crippen molar-refractivity contribution in [1.29, 1.82) is 0 Å². The first-order valence-corrected chi connectivity index (χ1v) is 17.2. The lowest BCUT2D eigenvalue weighted by molar-refractivity contribution is -0.235. The summed E-state index contributed by atoms with van der Waals surface area (Å²) in [7, 11) is 0. The first-order chi connectivity index (χ1) is 23.2. The van der Waals surface area contributed by atoms with Crippen molar-refractivity contribution in [3.8, 4) is 0 Å². The van der Waals surface area contributed by atoms with Gasteiger partial charge in [-0.2, -0.15) is 0 Å². The van der Waals surface area contributed by atoms with Gasteiger partial charge in [0.2, 0.25) is 0 Å². The molecule has 6 nitrogen and oxygen atoms in total. The lowest BCUT2D eigenvalue weighted by Gasteiger charge is -2.38. The van der Waals surface area contributed by atoms with E-state index in [-0.39, 0.29) is 18.3 Å². The van der Waals surface area contributed by atoms with Gasteiger partial charge in [0, 0.05) is 19.3 Å². The Morgan fingerprint density at radius 2 is 0.894 bits per heavy atom. The van der Waals surface area contributed by atoms with Gasteiger partial charge < -0.3 is 28.4 Å². The molecule has 7 rings (SSSR count). The molecule has 2 aliphatic carbocycles. The summed E-state index contributed by atoms with van der Waals surface area (Å²) < 4.78 is 41.6. The van der Waals surface area contributed by atoms with E-state index >= 15 is 0 Å². The van der Waals surface area contributed by atoms with Crippen LogP contribution in [-0.2, 0) is 54.8 Å². The molecule has 3 fully saturated rings. The van der Waals surface area contributed by atoms with Crippen molar-refractivity contribution in [2.75, 3.05) is 0 Å². The maximum absolute atomic E-state index is 7.04. The molecule has 2 saturated carbocycles. The summed E-state index contributed by atoms with van der Waals surface area (Å²) in [5.74, 6) is -0.590. The van der Waals surface area contributed by atoms with Crippen molar-refractivity contribution in [2.24, 2.45) is 0 Å². The summed E-state index contributed by atoms with van der Waals surface area (Å²) in [6.45, 7) is 1.73.